The van der Waals surface area contributed by atoms with Gasteiger partial charge in [-0.1, -0.05) is 105 Å². The molecule has 3 rings (SSSR count). The number of allylic oxidation sites excluding steroid dienone is 4. The van der Waals surface area contributed by atoms with Crippen molar-refractivity contribution in [1.29, 1.82) is 0 Å². The molecule has 2 atom stereocenters. The number of carbonyl (C=O) groups excluding carboxylic acids is 2. The smallest absolute Gasteiger partial charge is 0.254 e. The summed E-state index contributed by atoms with van der Waals surface area (Å²) in [6, 6.07) is 17.2. The van der Waals surface area contributed by atoms with Crippen molar-refractivity contribution in [3.05, 3.63) is 95.1 Å². The zero-order chi connectivity index (χ0) is 30.1. The van der Waals surface area contributed by atoms with Crippen LogP contribution in [0.4, 0.5) is 0 Å². The van der Waals surface area contributed by atoms with Gasteiger partial charge in [-0.2, -0.15) is 0 Å². The number of rotatable bonds is 10. The van der Waals surface area contributed by atoms with Gasteiger partial charge in [0.05, 0.1) is 5.54 Å². The van der Waals surface area contributed by atoms with E-state index in [2.05, 4.69) is 11.2 Å². The van der Waals surface area contributed by atoms with Gasteiger partial charge in [-0.05, 0) is 51.7 Å². The number of likely N-dealkylation sites (N-methyl/N-ethyl adjacent to an activating group) is 1. The average molecular weight is 563 g/mol. The highest BCUT2D eigenvalue weighted by Gasteiger charge is 2.47. The molecule has 1 aliphatic carbocycles. The van der Waals surface area contributed by atoms with Crippen molar-refractivity contribution < 1.29 is 19.8 Å². The van der Waals surface area contributed by atoms with Gasteiger partial charge in [0.15, 0.2) is 12.2 Å². The fourth-order valence-electron chi connectivity index (χ4n) is 3.82. The first kappa shape index (κ1) is 37.3. The van der Waals surface area contributed by atoms with Crippen molar-refractivity contribution in [3.8, 4) is 12.3 Å². The molecule has 224 valence electrons. The number of hydrogen-bond acceptors (Lipinski definition) is 4. The maximum Gasteiger partial charge on any atom is 0.254 e. The van der Waals surface area contributed by atoms with E-state index in [4.69, 9.17) is 6.42 Å². The molecule has 6 heteroatoms. The Balaban J connectivity index is 0.00000114. The Morgan fingerprint density at radius 2 is 1.66 bits per heavy atom. The maximum absolute atomic E-state index is 12.6. The summed E-state index contributed by atoms with van der Waals surface area (Å²) in [5.41, 5.74) is 3.72. The molecule has 2 unspecified atom stereocenters. The number of hydrogen-bond donors (Lipinski definition) is 3. The van der Waals surface area contributed by atoms with Crippen LogP contribution in [0.25, 0.3) is 0 Å². The van der Waals surface area contributed by atoms with E-state index in [1.54, 1.807) is 6.92 Å². The Labute approximate surface area is 248 Å². The topological polar surface area (TPSA) is 89.9 Å². The van der Waals surface area contributed by atoms with Gasteiger partial charge >= 0.3 is 0 Å². The van der Waals surface area contributed by atoms with Gasteiger partial charge in [0, 0.05) is 19.5 Å². The van der Waals surface area contributed by atoms with E-state index in [1.165, 1.54) is 10.5 Å². The molecule has 3 N–H and O–H groups in total. The van der Waals surface area contributed by atoms with Crippen LogP contribution in [-0.4, -0.2) is 45.7 Å². The standard InChI is InChI=1S/C23H28N2O4.C9H12.C2H6.CH4/c1-3-25(15-17-7-5-4-6-8-17)22(29)20(27)19(26)21(28)24-23(13-14-23)18-11-9-16(2)10-12-18;1-4-6-7-8-9(3)5-2;1-2;/h4-12,19-20,26-27H,3,13-15H2,1-2H3,(H,24,28);1,5,7-8H,6H2,2-3H3;1-2H3;1H4/b;8-7-,9-5-;;. The van der Waals surface area contributed by atoms with Crippen LogP contribution in [0.3, 0.4) is 0 Å². The summed E-state index contributed by atoms with van der Waals surface area (Å²) in [5.74, 6) is 1.13. The second-order valence-corrected chi connectivity index (χ2v) is 9.51. The monoisotopic (exact) mass is 562 g/mol. The van der Waals surface area contributed by atoms with Crippen molar-refractivity contribution in [3.63, 3.8) is 0 Å². The minimum absolute atomic E-state index is 0. The molecular weight excluding hydrogens is 512 g/mol. The molecule has 0 radical (unpaired) electrons. The van der Waals surface area contributed by atoms with Gasteiger partial charge in [-0.3, -0.25) is 9.59 Å². The molecule has 0 bridgehead atoms. The summed E-state index contributed by atoms with van der Waals surface area (Å²) < 4.78 is 0. The van der Waals surface area contributed by atoms with Crippen molar-refractivity contribution in [1.82, 2.24) is 10.2 Å². The second-order valence-electron chi connectivity index (χ2n) is 9.51. The van der Waals surface area contributed by atoms with Crippen LogP contribution in [0.2, 0.25) is 0 Å². The SMILES string of the molecule is C.C#CC/C=C\C(C)=C/C.CC.CCN(Cc1ccccc1)C(=O)C(O)C(O)C(=O)NC1(c2ccc(C)cc2)CC1. The summed E-state index contributed by atoms with van der Waals surface area (Å²) in [4.78, 5) is 26.6. The third kappa shape index (κ3) is 12.2. The average Bonchev–Trinajstić information content (AvgIpc) is 3.77. The Kier molecular flexibility index (Phi) is 17.7. The largest absolute Gasteiger partial charge is 0.380 e. The summed E-state index contributed by atoms with van der Waals surface area (Å²) in [7, 11) is 0. The van der Waals surface area contributed by atoms with E-state index < -0.39 is 29.6 Å². The molecule has 1 saturated carbocycles. The summed E-state index contributed by atoms with van der Waals surface area (Å²) in [6.45, 7) is 12.5. The molecule has 41 heavy (non-hydrogen) atoms. The Hall–Kier alpha value is -3.66. The van der Waals surface area contributed by atoms with Gasteiger partial charge < -0.3 is 20.4 Å². The van der Waals surface area contributed by atoms with Gasteiger partial charge in [0.2, 0.25) is 0 Å². The van der Waals surface area contributed by atoms with Gasteiger partial charge in [-0.25, -0.2) is 0 Å². The van der Waals surface area contributed by atoms with Crippen LogP contribution < -0.4 is 5.32 Å². The molecule has 0 aromatic heterocycles. The van der Waals surface area contributed by atoms with Gasteiger partial charge in [0.25, 0.3) is 11.8 Å². The lowest BCUT2D eigenvalue weighted by molar-refractivity contribution is -0.153. The second kappa shape index (κ2) is 19.4. The predicted molar refractivity (Wildman–Crippen MR) is 170 cm³/mol. The Morgan fingerprint density at radius 3 is 2.15 bits per heavy atom. The third-order valence-electron chi connectivity index (χ3n) is 6.52. The van der Waals surface area contributed by atoms with Crippen LogP contribution in [0, 0.1) is 19.3 Å². The fraction of sp³-hybridized carbons (Fsp3) is 0.429. The molecule has 0 heterocycles. The van der Waals surface area contributed by atoms with Crippen LogP contribution in [-0.2, 0) is 21.7 Å². The zero-order valence-electron chi connectivity index (χ0n) is 24.9. The number of aryl methyl sites for hydroxylation is 1. The van der Waals surface area contributed by atoms with Crippen LogP contribution in [0.15, 0.2) is 78.4 Å². The molecule has 2 aromatic rings. The van der Waals surface area contributed by atoms with E-state index in [0.717, 1.165) is 36.0 Å². The van der Waals surface area contributed by atoms with Crippen LogP contribution in [0.5, 0.6) is 0 Å². The van der Waals surface area contributed by atoms with Crippen molar-refractivity contribution in [2.45, 2.75) is 92.5 Å². The fourth-order valence-corrected chi connectivity index (χ4v) is 3.82. The minimum atomic E-state index is -1.82. The summed E-state index contributed by atoms with van der Waals surface area (Å²) >= 11 is 0. The number of nitrogens with one attached hydrogen (secondary N) is 1. The van der Waals surface area contributed by atoms with E-state index in [-0.39, 0.29) is 7.43 Å². The van der Waals surface area contributed by atoms with Crippen molar-refractivity contribution in [2.75, 3.05) is 6.54 Å². The van der Waals surface area contributed by atoms with Crippen molar-refractivity contribution in [2.24, 2.45) is 0 Å². The number of nitrogens with zero attached hydrogens (tertiary/aromatic N) is 1. The lowest BCUT2D eigenvalue weighted by Gasteiger charge is -2.27. The first-order valence-corrected chi connectivity index (χ1v) is 14.0. The zero-order valence-corrected chi connectivity index (χ0v) is 24.9. The molecule has 1 fully saturated rings. The Bertz CT molecular complexity index is 1140. The highest BCUT2D eigenvalue weighted by Crippen LogP contribution is 2.45. The molecule has 1 aliphatic rings. The number of aliphatic hydroxyl groups excluding tert-OH is 2. The summed E-state index contributed by atoms with van der Waals surface area (Å²) in [5, 5.41) is 23.5. The van der Waals surface area contributed by atoms with E-state index in [9.17, 15) is 19.8 Å². The van der Waals surface area contributed by atoms with E-state index in [0.29, 0.717) is 13.1 Å². The first-order valence-electron chi connectivity index (χ1n) is 14.0. The number of benzene rings is 2. The Morgan fingerprint density at radius 1 is 1.07 bits per heavy atom. The normalized spacial score (nSPS) is 14.5. The van der Waals surface area contributed by atoms with E-state index in [1.807, 2.05) is 107 Å². The van der Waals surface area contributed by atoms with E-state index >= 15 is 0 Å². The predicted octanol–water partition coefficient (Wildman–Crippen LogP) is 6.07. The highest BCUT2D eigenvalue weighted by molar-refractivity contribution is 5.91. The summed E-state index contributed by atoms with van der Waals surface area (Å²) in [6.07, 6.45) is 9.70. The lowest BCUT2D eigenvalue weighted by atomic mass is 10.0. The number of carbonyl (C=O) groups is 2. The van der Waals surface area contributed by atoms with Gasteiger partial charge in [0.1, 0.15) is 0 Å². The molecule has 0 aliphatic heterocycles. The first-order chi connectivity index (χ1) is 19.2. The number of terminal acetylenes is 1. The van der Waals surface area contributed by atoms with Crippen molar-refractivity contribution >= 4 is 11.8 Å². The molecular formula is C35H50N2O4. The lowest BCUT2D eigenvalue weighted by Crippen LogP contribution is -2.52. The quantitative estimate of drug-likeness (QED) is 0.242. The molecule has 2 aromatic carbocycles. The number of amides is 2. The van der Waals surface area contributed by atoms with Crippen LogP contribution >= 0.6 is 0 Å². The molecule has 0 saturated heterocycles. The molecule has 2 amide bonds. The van der Waals surface area contributed by atoms with Crippen LogP contribution in [0.1, 0.15) is 78.0 Å². The van der Waals surface area contributed by atoms with Gasteiger partial charge in [-0.15, -0.1) is 12.3 Å². The number of aliphatic hydroxyl groups is 2. The maximum atomic E-state index is 12.6. The minimum Gasteiger partial charge on any atom is -0.380 e. The third-order valence-corrected chi connectivity index (χ3v) is 6.52. The molecule has 6 nitrogen and oxygen atoms in total. The molecule has 0 spiro atoms. The highest BCUT2D eigenvalue weighted by atomic mass is 16.3.